The van der Waals surface area contributed by atoms with Gasteiger partial charge in [-0.15, -0.1) is 0 Å². The number of hydrogen-bond acceptors (Lipinski definition) is 5. The maximum Gasteiger partial charge on any atom is 0.339 e. The Labute approximate surface area is 134 Å². The minimum Gasteiger partial charge on any atom is -0.465 e. The lowest BCUT2D eigenvalue weighted by atomic mass is 10.1. The van der Waals surface area contributed by atoms with Crippen LogP contribution in [0.4, 0.5) is 11.4 Å². The molecule has 1 heterocycles. The van der Waals surface area contributed by atoms with E-state index in [1.54, 1.807) is 42.6 Å². The van der Waals surface area contributed by atoms with Crippen molar-refractivity contribution >= 4 is 23.3 Å². The van der Waals surface area contributed by atoms with Crippen LogP contribution in [0.3, 0.4) is 0 Å². The minimum absolute atomic E-state index is 0.263. The first-order valence-electron chi connectivity index (χ1n) is 7.22. The maximum atomic E-state index is 12.3. The van der Waals surface area contributed by atoms with Gasteiger partial charge >= 0.3 is 5.97 Å². The third kappa shape index (κ3) is 4.29. The zero-order valence-corrected chi connectivity index (χ0v) is 13.3. The van der Waals surface area contributed by atoms with Crippen molar-refractivity contribution in [2.75, 3.05) is 17.7 Å². The summed E-state index contributed by atoms with van der Waals surface area (Å²) in [6, 6.07) is 10.3. The number of anilines is 2. The van der Waals surface area contributed by atoms with E-state index in [-0.39, 0.29) is 11.7 Å². The molecule has 0 radical (unpaired) electrons. The normalized spacial score (nSPS) is 10.3. The Balaban J connectivity index is 2.15. The van der Waals surface area contributed by atoms with Gasteiger partial charge in [-0.1, -0.05) is 12.1 Å². The molecule has 0 fully saturated rings. The molecule has 6 nitrogen and oxygen atoms in total. The fourth-order valence-corrected chi connectivity index (χ4v) is 2.01. The average Bonchev–Trinajstić information content (AvgIpc) is 2.54. The number of nitrogens with zero attached hydrogens (tertiary/aromatic N) is 1. The molecule has 0 unspecified atom stereocenters. The van der Waals surface area contributed by atoms with Crippen LogP contribution in [-0.4, -0.2) is 30.0 Å². The second-order valence-electron chi connectivity index (χ2n) is 5.22. The van der Waals surface area contributed by atoms with E-state index in [2.05, 4.69) is 15.6 Å². The molecule has 0 spiro atoms. The number of para-hydroxylation sites is 1. The number of hydrogen-bond donors (Lipinski definition) is 2. The first kappa shape index (κ1) is 16.5. The number of carbonyl (C=O) groups is 2. The highest BCUT2D eigenvalue weighted by molar-refractivity contribution is 6.07. The highest BCUT2D eigenvalue weighted by Gasteiger charge is 2.14. The van der Waals surface area contributed by atoms with Gasteiger partial charge in [0.1, 0.15) is 5.69 Å². The van der Waals surface area contributed by atoms with E-state index in [9.17, 15) is 9.59 Å². The third-order valence-electron chi connectivity index (χ3n) is 3.03. The number of carbonyl (C=O) groups excluding carboxylic acids is 2. The Kier molecular flexibility index (Phi) is 5.30. The van der Waals surface area contributed by atoms with E-state index in [0.717, 1.165) is 5.69 Å². The van der Waals surface area contributed by atoms with Crippen molar-refractivity contribution in [2.24, 2.45) is 0 Å². The fourth-order valence-electron chi connectivity index (χ4n) is 2.01. The van der Waals surface area contributed by atoms with E-state index in [1.807, 2.05) is 13.8 Å². The van der Waals surface area contributed by atoms with Gasteiger partial charge < -0.3 is 15.4 Å². The van der Waals surface area contributed by atoms with Crippen LogP contribution in [0, 0.1) is 0 Å². The number of benzene rings is 1. The van der Waals surface area contributed by atoms with E-state index in [1.165, 1.54) is 7.11 Å². The van der Waals surface area contributed by atoms with Crippen LogP contribution in [0.15, 0.2) is 42.6 Å². The van der Waals surface area contributed by atoms with Crippen molar-refractivity contribution in [3.05, 3.63) is 53.9 Å². The number of rotatable bonds is 5. The smallest absolute Gasteiger partial charge is 0.339 e. The molecule has 0 aliphatic heterocycles. The number of aromatic nitrogens is 1. The Morgan fingerprint density at radius 3 is 2.48 bits per heavy atom. The molecule has 0 aliphatic carbocycles. The van der Waals surface area contributed by atoms with Gasteiger partial charge in [0, 0.05) is 6.04 Å². The van der Waals surface area contributed by atoms with Crippen molar-refractivity contribution in [1.82, 2.24) is 4.98 Å². The molecule has 6 heteroatoms. The number of esters is 1. The summed E-state index contributed by atoms with van der Waals surface area (Å²) in [6.07, 6.45) is 1.60. The molecule has 0 atom stereocenters. The van der Waals surface area contributed by atoms with Gasteiger partial charge in [0.25, 0.3) is 5.91 Å². The molecule has 0 bridgehead atoms. The van der Waals surface area contributed by atoms with Crippen LogP contribution >= 0.6 is 0 Å². The van der Waals surface area contributed by atoms with Gasteiger partial charge in [-0.2, -0.15) is 0 Å². The largest absolute Gasteiger partial charge is 0.465 e. The van der Waals surface area contributed by atoms with E-state index in [4.69, 9.17) is 4.74 Å². The lowest BCUT2D eigenvalue weighted by Gasteiger charge is -2.11. The summed E-state index contributed by atoms with van der Waals surface area (Å²) in [5, 5.41) is 5.88. The van der Waals surface area contributed by atoms with E-state index in [0.29, 0.717) is 11.3 Å². The molecule has 2 N–H and O–H groups in total. The van der Waals surface area contributed by atoms with Gasteiger partial charge in [-0.25, -0.2) is 9.78 Å². The lowest BCUT2D eigenvalue weighted by Crippen LogP contribution is -2.17. The summed E-state index contributed by atoms with van der Waals surface area (Å²) in [7, 11) is 1.29. The summed E-state index contributed by atoms with van der Waals surface area (Å²) in [4.78, 5) is 28.1. The zero-order chi connectivity index (χ0) is 16.8. The molecule has 23 heavy (non-hydrogen) atoms. The second-order valence-corrected chi connectivity index (χ2v) is 5.22. The lowest BCUT2D eigenvalue weighted by molar-refractivity contribution is 0.0602. The monoisotopic (exact) mass is 313 g/mol. The predicted octanol–water partition coefficient (Wildman–Crippen LogP) is 2.94. The number of pyridine rings is 1. The Morgan fingerprint density at radius 2 is 1.87 bits per heavy atom. The molecular formula is C17H19N3O3. The number of nitrogens with one attached hydrogen (secondary N) is 2. The van der Waals surface area contributed by atoms with Crippen LogP contribution in [0.2, 0.25) is 0 Å². The van der Waals surface area contributed by atoms with Gasteiger partial charge in [-0.3, -0.25) is 4.79 Å². The molecular weight excluding hydrogens is 294 g/mol. The number of methoxy groups -OCH3 is 1. The fraction of sp³-hybridized carbons (Fsp3) is 0.235. The molecule has 1 aromatic heterocycles. The van der Waals surface area contributed by atoms with Gasteiger partial charge in [0.2, 0.25) is 0 Å². The molecule has 1 aromatic carbocycles. The minimum atomic E-state index is -0.509. The van der Waals surface area contributed by atoms with Crippen LogP contribution in [0.1, 0.15) is 34.7 Å². The first-order valence-corrected chi connectivity index (χ1v) is 7.22. The number of amides is 1. The van der Waals surface area contributed by atoms with Crippen LogP contribution in [0.25, 0.3) is 0 Å². The Bertz CT molecular complexity index is 696. The van der Waals surface area contributed by atoms with Crippen LogP contribution < -0.4 is 10.6 Å². The average molecular weight is 313 g/mol. The van der Waals surface area contributed by atoms with Crippen molar-refractivity contribution in [2.45, 2.75) is 19.9 Å². The van der Waals surface area contributed by atoms with Crippen LogP contribution in [0.5, 0.6) is 0 Å². The van der Waals surface area contributed by atoms with Gasteiger partial charge in [-0.05, 0) is 38.1 Å². The second kappa shape index (κ2) is 7.40. The molecule has 2 aromatic rings. The van der Waals surface area contributed by atoms with E-state index >= 15 is 0 Å². The van der Waals surface area contributed by atoms with Crippen molar-refractivity contribution in [1.29, 1.82) is 0 Å². The summed E-state index contributed by atoms with van der Waals surface area (Å²) in [5.74, 6) is -0.900. The maximum absolute atomic E-state index is 12.3. The molecule has 0 aliphatic rings. The van der Waals surface area contributed by atoms with Gasteiger partial charge in [0.05, 0.1) is 30.2 Å². The molecule has 1 amide bonds. The zero-order valence-electron chi connectivity index (χ0n) is 13.3. The standard InChI is InChI=1S/C17H19N3O3/c1-11(2)19-12-8-9-15(18-10-12)16(21)20-14-7-5-4-6-13(14)17(22)23-3/h4-11,19H,1-3H3,(H,20,21). The highest BCUT2D eigenvalue weighted by Crippen LogP contribution is 2.17. The highest BCUT2D eigenvalue weighted by atomic mass is 16.5. The van der Waals surface area contributed by atoms with Crippen molar-refractivity contribution in [3.63, 3.8) is 0 Å². The molecule has 0 saturated carbocycles. The predicted molar refractivity (Wildman–Crippen MR) is 88.7 cm³/mol. The third-order valence-corrected chi connectivity index (χ3v) is 3.03. The molecule has 120 valence electrons. The number of ether oxygens (including phenoxy) is 1. The van der Waals surface area contributed by atoms with Crippen LogP contribution in [-0.2, 0) is 4.74 Å². The molecule has 0 saturated heterocycles. The summed E-state index contributed by atoms with van der Waals surface area (Å²) < 4.78 is 4.70. The topological polar surface area (TPSA) is 80.3 Å². The Hall–Kier alpha value is -2.89. The summed E-state index contributed by atoms with van der Waals surface area (Å²) in [6.45, 7) is 4.04. The van der Waals surface area contributed by atoms with Crippen molar-refractivity contribution < 1.29 is 14.3 Å². The van der Waals surface area contributed by atoms with E-state index < -0.39 is 11.9 Å². The Morgan fingerprint density at radius 1 is 1.13 bits per heavy atom. The first-order chi connectivity index (χ1) is 11.0. The molecule has 2 rings (SSSR count). The summed E-state index contributed by atoms with van der Waals surface area (Å²) >= 11 is 0. The van der Waals surface area contributed by atoms with Crippen molar-refractivity contribution in [3.8, 4) is 0 Å². The SMILES string of the molecule is COC(=O)c1ccccc1NC(=O)c1ccc(NC(C)C)cn1. The summed E-state index contributed by atoms with van der Waals surface area (Å²) in [5.41, 5.74) is 1.78. The van der Waals surface area contributed by atoms with Gasteiger partial charge in [0.15, 0.2) is 0 Å². The quantitative estimate of drug-likeness (QED) is 0.830.